The van der Waals surface area contributed by atoms with Crippen LogP contribution in [-0.4, -0.2) is 37.5 Å². The first-order chi connectivity index (χ1) is 9.92. The number of benzene rings is 1. The van der Waals surface area contributed by atoms with Gasteiger partial charge in [-0.1, -0.05) is 20.3 Å². The van der Waals surface area contributed by atoms with Crippen molar-refractivity contribution in [1.82, 2.24) is 4.90 Å². The van der Waals surface area contributed by atoms with E-state index in [-0.39, 0.29) is 11.9 Å². The van der Waals surface area contributed by atoms with Crippen LogP contribution in [0.5, 0.6) is 0 Å². The van der Waals surface area contributed by atoms with E-state index < -0.39 is 0 Å². The predicted octanol–water partition coefficient (Wildman–Crippen LogP) is 3.38. The molecule has 0 aliphatic heterocycles. The van der Waals surface area contributed by atoms with Gasteiger partial charge in [0.25, 0.3) is 5.91 Å². The van der Waals surface area contributed by atoms with Gasteiger partial charge in [-0.2, -0.15) is 0 Å². The Balaban J connectivity index is 3.15. The summed E-state index contributed by atoms with van der Waals surface area (Å²) in [7, 11) is 3.89. The fourth-order valence-corrected chi connectivity index (χ4v) is 2.34. The zero-order valence-electron chi connectivity index (χ0n) is 14.0. The summed E-state index contributed by atoms with van der Waals surface area (Å²) < 4.78 is 0. The van der Waals surface area contributed by atoms with Crippen molar-refractivity contribution in [1.29, 1.82) is 0 Å². The minimum Gasteiger partial charge on any atom is -0.399 e. The molecule has 1 amide bonds. The molecule has 4 heteroatoms. The van der Waals surface area contributed by atoms with Gasteiger partial charge in [-0.15, -0.1) is 0 Å². The molecule has 0 radical (unpaired) electrons. The van der Waals surface area contributed by atoms with Gasteiger partial charge < -0.3 is 15.5 Å². The van der Waals surface area contributed by atoms with Crippen molar-refractivity contribution in [3.05, 3.63) is 23.8 Å². The Hall–Kier alpha value is -1.71. The predicted molar refractivity (Wildman–Crippen MR) is 90.9 cm³/mol. The summed E-state index contributed by atoms with van der Waals surface area (Å²) in [4.78, 5) is 16.9. The van der Waals surface area contributed by atoms with Crippen molar-refractivity contribution < 1.29 is 4.79 Å². The summed E-state index contributed by atoms with van der Waals surface area (Å²) in [6.45, 7) is 7.16. The number of carbonyl (C=O) groups is 1. The Bertz CT molecular complexity index is 471. The maximum atomic E-state index is 13.0. The minimum atomic E-state index is 0.0776. The molecule has 0 spiro atoms. The molecule has 0 bridgehead atoms. The van der Waals surface area contributed by atoms with Gasteiger partial charge in [-0.05, 0) is 38.0 Å². The molecule has 0 saturated heterocycles. The zero-order chi connectivity index (χ0) is 16.0. The molecule has 4 nitrogen and oxygen atoms in total. The number of anilines is 2. The van der Waals surface area contributed by atoms with E-state index in [0.29, 0.717) is 11.3 Å². The van der Waals surface area contributed by atoms with Gasteiger partial charge in [0.1, 0.15) is 0 Å². The number of nitrogens with two attached hydrogens (primary N) is 1. The van der Waals surface area contributed by atoms with Gasteiger partial charge in [0.15, 0.2) is 0 Å². The van der Waals surface area contributed by atoms with Gasteiger partial charge in [-0.3, -0.25) is 4.79 Å². The summed E-state index contributed by atoms with van der Waals surface area (Å²) in [5.41, 5.74) is 8.12. The molecule has 118 valence electrons. The molecule has 0 aliphatic carbocycles. The Morgan fingerprint density at radius 1 is 1.29 bits per heavy atom. The second-order valence-corrected chi connectivity index (χ2v) is 5.78. The number of carbonyl (C=O) groups excluding carboxylic acids is 1. The van der Waals surface area contributed by atoms with Crippen molar-refractivity contribution in [3.8, 4) is 0 Å². The third-order valence-corrected chi connectivity index (χ3v) is 3.87. The van der Waals surface area contributed by atoms with E-state index >= 15 is 0 Å². The number of nitrogen functional groups attached to an aromatic ring is 1. The van der Waals surface area contributed by atoms with Crippen molar-refractivity contribution >= 4 is 17.3 Å². The molecule has 1 atom stereocenters. The van der Waals surface area contributed by atoms with Gasteiger partial charge in [0, 0.05) is 38.1 Å². The first-order valence-electron chi connectivity index (χ1n) is 7.80. The molecule has 21 heavy (non-hydrogen) atoms. The number of nitrogens with zero attached hydrogens (tertiary/aromatic N) is 2. The molecule has 1 unspecified atom stereocenters. The van der Waals surface area contributed by atoms with Crippen molar-refractivity contribution in [2.24, 2.45) is 0 Å². The average molecular weight is 291 g/mol. The first-order valence-corrected chi connectivity index (χ1v) is 7.80. The summed E-state index contributed by atoms with van der Waals surface area (Å²) in [5, 5.41) is 0. The number of amides is 1. The number of rotatable bonds is 7. The molecule has 0 aliphatic rings. The summed E-state index contributed by atoms with van der Waals surface area (Å²) in [6, 6.07) is 5.78. The van der Waals surface area contributed by atoms with Crippen molar-refractivity contribution in [2.75, 3.05) is 31.3 Å². The van der Waals surface area contributed by atoms with Crippen LogP contribution in [0.2, 0.25) is 0 Å². The Kier molecular flexibility index (Phi) is 6.53. The molecule has 0 aromatic heterocycles. The zero-order valence-corrected chi connectivity index (χ0v) is 14.0. The lowest BCUT2D eigenvalue weighted by atomic mass is 10.1. The van der Waals surface area contributed by atoms with Crippen LogP contribution in [0.4, 0.5) is 11.4 Å². The van der Waals surface area contributed by atoms with Crippen LogP contribution in [0.15, 0.2) is 18.2 Å². The summed E-state index contributed by atoms with van der Waals surface area (Å²) in [5.74, 6) is 0.0776. The smallest absolute Gasteiger partial charge is 0.256 e. The number of hydrogen-bond donors (Lipinski definition) is 1. The van der Waals surface area contributed by atoms with Crippen LogP contribution in [0.25, 0.3) is 0 Å². The van der Waals surface area contributed by atoms with Crippen LogP contribution >= 0.6 is 0 Å². The van der Waals surface area contributed by atoms with Crippen LogP contribution in [0.3, 0.4) is 0 Å². The number of hydrogen-bond acceptors (Lipinski definition) is 3. The monoisotopic (exact) mass is 291 g/mol. The molecular formula is C17H29N3O. The van der Waals surface area contributed by atoms with Gasteiger partial charge in [0.05, 0.1) is 5.56 Å². The van der Waals surface area contributed by atoms with E-state index in [2.05, 4.69) is 20.8 Å². The molecule has 2 N–H and O–H groups in total. The Morgan fingerprint density at radius 2 is 1.95 bits per heavy atom. The molecule has 0 fully saturated rings. The molecule has 1 rings (SSSR count). The van der Waals surface area contributed by atoms with E-state index in [0.717, 1.165) is 31.5 Å². The third kappa shape index (κ3) is 4.38. The normalized spacial score (nSPS) is 12.0. The van der Waals surface area contributed by atoms with Crippen LogP contribution < -0.4 is 10.6 Å². The van der Waals surface area contributed by atoms with Gasteiger partial charge in [-0.25, -0.2) is 0 Å². The van der Waals surface area contributed by atoms with E-state index in [1.165, 1.54) is 0 Å². The van der Waals surface area contributed by atoms with Crippen molar-refractivity contribution in [2.45, 2.75) is 46.1 Å². The molecule has 0 heterocycles. The lowest BCUT2D eigenvalue weighted by molar-refractivity contribution is 0.0686. The quantitative estimate of drug-likeness (QED) is 0.784. The lowest BCUT2D eigenvalue weighted by Crippen LogP contribution is -2.39. The van der Waals surface area contributed by atoms with Crippen LogP contribution in [0, 0.1) is 0 Å². The fourth-order valence-electron chi connectivity index (χ4n) is 2.34. The maximum absolute atomic E-state index is 13.0. The van der Waals surface area contributed by atoms with Crippen LogP contribution in [-0.2, 0) is 0 Å². The fraction of sp³-hybridized carbons (Fsp3) is 0.588. The Labute approximate surface area is 128 Å². The van der Waals surface area contributed by atoms with Gasteiger partial charge in [0.2, 0.25) is 0 Å². The standard InChI is InChI=1S/C17H29N3O/c1-6-8-11-20(13(3)7-2)17(21)15-12-14(18)9-10-16(15)19(4)5/h9-10,12-13H,6-8,11,18H2,1-5H3. The Morgan fingerprint density at radius 3 is 2.48 bits per heavy atom. The first kappa shape index (κ1) is 17.3. The average Bonchev–Trinajstić information content (AvgIpc) is 2.46. The maximum Gasteiger partial charge on any atom is 0.256 e. The molecule has 0 saturated carbocycles. The van der Waals surface area contributed by atoms with E-state index in [1.54, 1.807) is 6.07 Å². The van der Waals surface area contributed by atoms with Crippen LogP contribution in [0.1, 0.15) is 50.4 Å². The summed E-state index contributed by atoms with van der Waals surface area (Å²) >= 11 is 0. The molecule has 1 aromatic carbocycles. The van der Waals surface area contributed by atoms with E-state index in [9.17, 15) is 4.79 Å². The van der Waals surface area contributed by atoms with Gasteiger partial charge >= 0.3 is 0 Å². The highest BCUT2D eigenvalue weighted by Gasteiger charge is 2.23. The lowest BCUT2D eigenvalue weighted by Gasteiger charge is -2.30. The minimum absolute atomic E-state index is 0.0776. The summed E-state index contributed by atoms with van der Waals surface area (Å²) in [6.07, 6.45) is 3.06. The number of unbranched alkanes of at least 4 members (excludes halogenated alkanes) is 1. The van der Waals surface area contributed by atoms with E-state index in [1.807, 2.05) is 36.0 Å². The third-order valence-electron chi connectivity index (χ3n) is 3.87. The molecule has 1 aromatic rings. The molecular weight excluding hydrogens is 262 g/mol. The van der Waals surface area contributed by atoms with E-state index in [4.69, 9.17) is 5.73 Å². The largest absolute Gasteiger partial charge is 0.399 e. The SMILES string of the molecule is CCCCN(C(=O)c1cc(N)ccc1N(C)C)C(C)CC. The second kappa shape index (κ2) is 7.91. The second-order valence-electron chi connectivity index (χ2n) is 5.78. The topological polar surface area (TPSA) is 49.6 Å². The highest BCUT2D eigenvalue weighted by atomic mass is 16.2. The highest BCUT2D eigenvalue weighted by molar-refractivity contribution is 6.00. The van der Waals surface area contributed by atoms with Crippen molar-refractivity contribution in [3.63, 3.8) is 0 Å². The highest BCUT2D eigenvalue weighted by Crippen LogP contribution is 2.24.